The van der Waals surface area contributed by atoms with Crippen LogP contribution in [0.1, 0.15) is 10.6 Å². The highest BCUT2D eigenvalue weighted by atomic mass is 32.2. The van der Waals surface area contributed by atoms with Crippen LogP contribution in [-0.2, 0) is 10.5 Å². The van der Waals surface area contributed by atoms with E-state index in [9.17, 15) is 4.79 Å². The summed E-state index contributed by atoms with van der Waals surface area (Å²) in [5.41, 5.74) is 3.06. The van der Waals surface area contributed by atoms with Crippen LogP contribution < -0.4 is 5.32 Å². The smallest absolute Gasteiger partial charge is 0.234 e. The quantitative estimate of drug-likeness (QED) is 0.751. The van der Waals surface area contributed by atoms with Crippen LogP contribution in [-0.4, -0.2) is 16.6 Å². The van der Waals surface area contributed by atoms with Crippen LogP contribution in [0.2, 0.25) is 0 Å². The van der Waals surface area contributed by atoms with E-state index < -0.39 is 0 Å². The van der Waals surface area contributed by atoms with Crippen molar-refractivity contribution < 1.29 is 4.79 Å². The normalized spacial score (nSPS) is 10.8. The second-order valence-corrected chi connectivity index (χ2v) is 7.08. The molecule has 0 aliphatic carbocycles. The van der Waals surface area contributed by atoms with Gasteiger partial charge in [0.2, 0.25) is 5.91 Å². The van der Waals surface area contributed by atoms with Crippen molar-refractivity contribution in [3.8, 4) is 0 Å². The Bertz CT molecular complexity index is 748. The molecule has 0 fully saturated rings. The van der Waals surface area contributed by atoms with Crippen LogP contribution in [0.4, 0.5) is 5.69 Å². The summed E-state index contributed by atoms with van der Waals surface area (Å²) in [6, 6.07) is 15.9. The van der Waals surface area contributed by atoms with Gasteiger partial charge in [-0.3, -0.25) is 4.79 Å². The summed E-state index contributed by atoms with van der Waals surface area (Å²) in [7, 11) is 0. The Morgan fingerprint density at radius 2 is 1.95 bits per heavy atom. The number of aromatic nitrogens is 1. The number of hydrogen-bond donors (Lipinski definition) is 1. The third-order valence-electron chi connectivity index (χ3n) is 3.13. The van der Waals surface area contributed by atoms with E-state index in [-0.39, 0.29) is 5.91 Å². The fourth-order valence-electron chi connectivity index (χ4n) is 2.05. The van der Waals surface area contributed by atoms with E-state index in [1.807, 2.05) is 49.4 Å². The SMILES string of the molecule is Cc1ccc(NC(=O)CSCc2nc3ccccc3s2)cc1. The first-order chi connectivity index (χ1) is 10.7. The Balaban J connectivity index is 1.49. The highest BCUT2D eigenvalue weighted by molar-refractivity contribution is 7.99. The zero-order valence-electron chi connectivity index (χ0n) is 12.2. The fourth-order valence-corrected chi connectivity index (χ4v) is 3.89. The third-order valence-corrected chi connectivity index (χ3v) is 5.30. The van der Waals surface area contributed by atoms with Gasteiger partial charge in [-0.25, -0.2) is 4.98 Å². The van der Waals surface area contributed by atoms with Gasteiger partial charge in [0.25, 0.3) is 0 Å². The molecule has 0 bridgehead atoms. The number of rotatable bonds is 5. The van der Waals surface area contributed by atoms with E-state index in [0.29, 0.717) is 5.75 Å². The standard InChI is InChI=1S/C17H16N2OS2/c1-12-6-8-13(9-7-12)18-16(20)10-21-11-17-19-14-4-2-3-5-15(14)22-17/h2-9H,10-11H2,1H3,(H,18,20). The maximum absolute atomic E-state index is 11.9. The third kappa shape index (κ3) is 3.87. The summed E-state index contributed by atoms with van der Waals surface area (Å²) in [5.74, 6) is 1.22. The lowest BCUT2D eigenvalue weighted by Gasteiger charge is -2.04. The van der Waals surface area contributed by atoms with Gasteiger partial charge in [-0.1, -0.05) is 29.8 Å². The molecule has 3 nitrogen and oxygen atoms in total. The number of para-hydroxylation sites is 1. The zero-order chi connectivity index (χ0) is 15.4. The molecule has 2 aromatic carbocycles. The fraction of sp³-hybridized carbons (Fsp3) is 0.176. The molecule has 1 N–H and O–H groups in total. The van der Waals surface area contributed by atoms with E-state index in [2.05, 4.69) is 16.4 Å². The van der Waals surface area contributed by atoms with Crippen LogP contribution in [0, 0.1) is 6.92 Å². The van der Waals surface area contributed by atoms with Crippen molar-refractivity contribution in [1.29, 1.82) is 0 Å². The second-order valence-electron chi connectivity index (χ2n) is 4.98. The molecule has 0 radical (unpaired) electrons. The Morgan fingerprint density at radius 3 is 2.73 bits per heavy atom. The summed E-state index contributed by atoms with van der Waals surface area (Å²) in [6.07, 6.45) is 0. The average Bonchev–Trinajstić information content (AvgIpc) is 2.92. The minimum absolute atomic E-state index is 0.0231. The van der Waals surface area contributed by atoms with E-state index in [1.54, 1.807) is 23.1 Å². The first-order valence-electron chi connectivity index (χ1n) is 6.99. The number of nitrogens with zero attached hydrogens (tertiary/aromatic N) is 1. The topological polar surface area (TPSA) is 42.0 Å². The Morgan fingerprint density at radius 1 is 1.18 bits per heavy atom. The van der Waals surface area contributed by atoms with Gasteiger partial charge in [0.1, 0.15) is 5.01 Å². The summed E-state index contributed by atoms with van der Waals surface area (Å²) in [4.78, 5) is 16.5. The number of carbonyl (C=O) groups excluding carboxylic acids is 1. The lowest BCUT2D eigenvalue weighted by atomic mass is 10.2. The van der Waals surface area contributed by atoms with Crippen molar-refractivity contribution in [2.75, 3.05) is 11.1 Å². The summed E-state index contributed by atoms with van der Waals surface area (Å²) < 4.78 is 1.20. The van der Waals surface area contributed by atoms with Gasteiger partial charge in [0, 0.05) is 11.4 Å². The molecule has 3 aromatic rings. The van der Waals surface area contributed by atoms with Gasteiger partial charge in [-0.15, -0.1) is 23.1 Å². The number of anilines is 1. The number of thioether (sulfide) groups is 1. The first-order valence-corrected chi connectivity index (χ1v) is 8.96. The van der Waals surface area contributed by atoms with Gasteiger partial charge >= 0.3 is 0 Å². The predicted octanol–water partition coefficient (Wildman–Crippen LogP) is 4.48. The summed E-state index contributed by atoms with van der Waals surface area (Å²) in [6.45, 7) is 2.03. The molecule has 112 valence electrons. The maximum Gasteiger partial charge on any atom is 0.234 e. The van der Waals surface area contributed by atoms with Crippen molar-refractivity contribution in [2.24, 2.45) is 0 Å². The van der Waals surface area contributed by atoms with Crippen LogP contribution in [0.5, 0.6) is 0 Å². The number of carbonyl (C=O) groups is 1. The monoisotopic (exact) mass is 328 g/mol. The van der Waals surface area contributed by atoms with Crippen LogP contribution in [0.3, 0.4) is 0 Å². The zero-order valence-corrected chi connectivity index (χ0v) is 13.8. The van der Waals surface area contributed by atoms with Crippen LogP contribution in [0.25, 0.3) is 10.2 Å². The number of thiazole rings is 1. The molecule has 3 rings (SSSR count). The molecule has 0 saturated heterocycles. The number of hydrogen-bond acceptors (Lipinski definition) is 4. The van der Waals surface area contributed by atoms with Crippen molar-refractivity contribution in [3.63, 3.8) is 0 Å². The molecular formula is C17H16N2OS2. The number of aryl methyl sites for hydroxylation is 1. The number of nitrogens with one attached hydrogen (secondary N) is 1. The highest BCUT2D eigenvalue weighted by Gasteiger charge is 2.06. The molecule has 0 atom stereocenters. The first kappa shape index (κ1) is 15.1. The maximum atomic E-state index is 11.9. The van der Waals surface area contributed by atoms with Gasteiger partial charge in [-0.2, -0.15) is 0 Å². The molecule has 0 unspecified atom stereocenters. The number of fused-ring (bicyclic) bond motifs is 1. The van der Waals surface area contributed by atoms with E-state index in [1.165, 1.54) is 10.3 Å². The molecule has 0 aliphatic heterocycles. The second kappa shape index (κ2) is 6.94. The lowest BCUT2D eigenvalue weighted by Crippen LogP contribution is -2.14. The predicted molar refractivity (Wildman–Crippen MR) is 95.6 cm³/mol. The summed E-state index contributed by atoms with van der Waals surface area (Å²) in [5, 5.41) is 3.97. The van der Waals surface area contributed by atoms with E-state index in [4.69, 9.17) is 0 Å². The summed E-state index contributed by atoms with van der Waals surface area (Å²) >= 11 is 3.28. The molecule has 0 aliphatic rings. The van der Waals surface area contributed by atoms with Crippen molar-refractivity contribution in [1.82, 2.24) is 4.98 Å². The molecule has 22 heavy (non-hydrogen) atoms. The average molecular weight is 328 g/mol. The van der Waals surface area contributed by atoms with Gasteiger partial charge in [-0.05, 0) is 31.2 Å². The largest absolute Gasteiger partial charge is 0.325 e. The van der Waals surface area contributed by atoms with Crippen LogP contribution >= 0.6 is 23.1 Å². The lowest BCUT2D eigenvalue weighted by molar-refractivity contribution is -0.113. The molecular weight excluding hydrogens is 312 g/mol. The molecule has 5 heteroatoms. The van der Waals surface area contributed by atoms with Gasteiger partial charge in [0.15, 0.2) is 0 Å². The minimum Gasteiger partial charge on any atom is -0.325 e. The molecule has 1 amide bonds. The van der Waals surface area contributed by atoms with Crippen molar-refractivity contribution >= 4 is 44.9 Å². The van der Waals surface area contributed by atoms with E-state index in [0.717, 1.165) is 22.0 Å². The molecule has 1 aromatic heterocycles. The van der Waals surface area contributed by atoms with Crippen molar-refractivity contribution in [2.45, 2.75) is 12.7 Å². The Labute approximate surface area is 137 Å². The Hall–Kier alpha value is -1.85. The minimum atomic E-state index is 0.0231. The Kier molecular flexibility index (Phi) is 4.75. The number of amides is 1. The number of benzene rings is 2. The molecule has 0 saturated carbocycles. The van der Waals surface area contributed by atoms with Gasteiger partial charge < -0.3 is 5.32 Å². The highest BCUT2D eigenvalue weighted by Crippen LogP contribution is 2.24. The van der Waals surface area contributed by atoms with Gasteiger partial charge in [0.05, 0.1) is 16.0 Å². The van der Waals surface area contributed by atoms with E-state index >= 15 is 0 Å². The van der Waals surface area contributed by atoms with Crippen LogP contribution in [0.15, 0.2) is 48.5 Å². The van der Waals surface area contributed by atoms with Crippen molar-refractivity contribution in [3.05, 3.63) is 59.1 Å². The molecule has 1 heterocycles. The molecule has 0 spiro atoms.